The minimum atomic E-state index is -1.67. The zero-order valence-electron chi connectivity index (χ0n) is 28.2. The van der Waals surface area contributed by atoms with Gasteiger partial charge < -0.3 is 69.3 Å². The molecule has 3 fully saturated rings. The molecule has 0 spiro atoms. The highest BCUT2D eigenvalue weighted by Gasteiger charge is 2.51. The van der Waals surface area contributed by atoms with Gasteiger partial charge >= 0.3 is 0 Å². The third kappa shape index (κ3) is 10.3. The Morgan fingerprint density at radius 2 is 1.30 bits per heavy atom. The molecular weight excluding hydrogens is 620 g/mol. The van der Waals surface area contributed by atoms with Crippen LogP contribution in [0.25, 0.3) is 0 Å². The topological polar surface area (TPSA) is 217 Å². The molecule has 0 saturated carbocycles. The quantitative estimate of drug-likeness (QED) is 0.113. The van der Waals surface area contributed by atoms with E-state index in [4.69, 9.17) is 28.4 Å². The molecular formula is C33H56O14. The van der Waals surface area contributed by atoms with Gasteiger partial charge in [-0.2, -0.15) is 0 Å². The molecule has 14 heteroatoms. The largest absolute Gasteiger partial charge is 0.388 e. The highest BCUT2D eigenvalue weighted by atomic mass is 16.8. The first kappa shape index (κ1) is 40.1. The Labute approximate surface area is 276 Å². The van der Waals surface area contributed by atoms with E-state index in [2.05, 4.69) is 39.5 Å². The molecule has 47 heavy (non-hydrogen) atoms. The Hall–Kier alpha value is -1.34. The number of aliphatic hydroxyl groups excluding tert-OH is 8. The van der Waals surface area contributed by atoms with E-state index in [1.165, 1.54) is 25.0 Å². The summed E-state index contributed by atoms with van der Waals surface area (Å²) in [4.78, 5) is 0. The summed E-state index contributed by atoms with van der Waals surface area (Å²) in [5.74, 6) is 0. The molecule has 0 aromatic heterocycles. The van der Waals surface area contributed by atoms with Crippen LogP contribution in [-0.4, -0.2) is 145 Å². The number of allylic oxidation sites excluding steroid dienone is 4. The van der Waals surface area contributed by atoms with Crippen molar-refractivity contribution >= 4 is 0 Å². The van der Waals surface area contributed by atoms with Crippen LogP contribution in [0.15, 0.2) is 36.0 Å². The van der Waals surface area contributed by atoms with E-state index >= 15 is 0 Å². The van der Waals surface area contributed by atoms with Crippen LogP contribution >= 0.6 is 0 Å². The predicted octanol–water partition coefficient (Wildman–Crippen LogP) is -0.0759. The Morgan fingerprint density at radius 1 is 0.702 bits per heavy atom. The first-order valence-corrected chi connectivity index (χ1v) is 16.3. The van der Waals surface area contributed by atoms with Gasteiger partial charge in [0.1, 0.15) is 61.0 Å². The van der Waals surface area contributed by atoms with Gasteiger partial charge in [0.2, 0.25) is 0 Å². The van der Waals surface area contributed by atoms with E-state index < -0.39 is 104 Å². The third-order valence-electron chi connectivity index (χ3n) is 9.01. The van der Waals surface area contributed by atoms with Gasteiger partial charge in [0.25, 0.3) is 0 Å². The van der Waals surface area contributed by atoms with Crippen LogP contribution in [0.5, 0.6) is 0 Å². The fourth-order valence-corrected chi connectivity index (χ4v) is 5.72. The standard InChI is InChI=1S/C33H56O14/c1-8-33(7,14-10-13-17(4)12-9-11-16(2)3)47-32-27(40)24(37)22(35)20(45-32)15-42-30-28(41)25(38)29(19(6)44-30)46-31-26(39)23(36)21(34)18(5)43-31/h8,11,13,18-32,34-41H,1,9-10,12,14-15H2,2-7H3/b17-13-/t18-,19-,20+,21-,22+,23+,24-,25-,26-,27+,28-,29-,30-,31+,32-,33-/m0/s1. The predicted molar refractivity (Wildman–Crippen MR) is 168 cm³/mol. The maximum atomic E-state index is 10.8. The minimum Gasteiger partial charge on any atom is -0.388 e. The van der Waals surface area contributed by atoms with Gasteiger partial charge in [-0.15, -0.1) is 6.58 Å². The summed E-state index contributed by atoms with van der Waals surface area (Å²) in [5, 5.41) is 83.8. The van der Waals surface area contributed by atoms with Crippen molar-refractivity contribution < 1.29 is 69.3 Å². The van der Waals surface area contributed by atoms with Crippen molar-refractivity contribution in [3.63, 3.8) is 0 Å². The van der Waals surface area contributed by atoms with E-state index in [1.807, 2.05) is 0 Å². The van der Waals surface area contributed by atoms with Crippen molar-refractivity contribution in [2.75, 3.05) is 6.61 Å². The maximum Gasteiger partial charge on any atom is 0.187 e. The van der Waals surface area contributed by atoms with Crippen LogP contribution in [0.3, 0.4) is 0 Å². The summed E-state index contributed by atoms with van der Waals surface area (Å²) in [5.41, 5.74) is 1.55. The average Bonchev–Trinajstić information content (AvgIpc) is 3.02. The molecule has 16 atom stereocenters. The van der Waals surface area contributed by atoms with E-state index in [9.17, 15) is 40.9 Å². The van der Waals surface area contributed by atoms with E-state index in [0.717, 1.165) is 12.8 Å². The van der Waals surface area contributed by atoms with Gasteiger partial charge in [-0.05, 0) is 67.2 Å². The van der Waals surface area contributed by atoms with Crippen molar-refractivity contribution in [2.45, 2.75) is 165 Å². The first-order chi connectivity index (χ1) is 22.0. The molecule has 0 radical (unpaired) electrons. The van der Waals surface area contributed by atoms with Crippen LogP contribution in [0.2, 0.25) is 0 Å². The van der Waals surface area contributed by atoms with Crippen LogP contribution in [0, 0.1) is 0 Å². The normalized spacial score (nSPS) is 42.9. The van der Waals surface area contributed by atoms with Gasteiger partial charge in [0.05, 0.1) is 24.4 Å². The van der Waals surface area contributed by atoms with E-state index in [-0.39, 0.29) is 0 Å². The average molecular weight is 677 g/mol. The molecule has 3 rings (SSSR count). The molecule has 3 aliphatic heterocycles. The third-order valence-corrected chi connectivity index (χ3v) is 9.01. The molecule has 0 unspecified atom stereocenters. The Morgan fingerprint density at radius 3 is 1.94 bits per heavy atom. The molecule has 272 valence electrons. The minimum absolute atomic E-state index is 0.429. The molecule has 14 nitrogen and oxygen atoms in total. The number of ether oxygens (including phenoxy) is 6. The van der Waals surface area contributed by atoms with Crippen LogP contribution in [0.1, 0.15) is 67.2 Å². The van der Waals surface area contributed by atoms with Crippen LogP contribution < -0.4 is 0 Å². The molecule has 3 heterocycles. The lowest BCUT2D eigenvalue weighted by atomic mass is 9.96. The second-order valence-corrected chi connectivity index (χ2v) is 13.4. The van der Waals surface area contributed by atoms with Crippen LogP contribution in [0.4, 0.5) is 0 Å². The highest BCUT2D eigenvalue weighted by Crippen LogP contribution is 2.32. The van der Waals surface area contributed by atoms with Gasteiger partial charge in [-0.1, -0.05) is 29.4 Å². The molecule has 0 aliphatic carbocycles. The summed E-state index contributed by atoms with van der Waals surface area (Å²) in [6.07, 6.45) is -12.1. The smallest absolute Gasteiger partial charge is 0.187 e. The second-order valence-electron chi connectivity index (χ2n) is 13.4. The fraction of sp³-hybridized carbons (Fsp3) is 0.818. The van der Waals surface area contributed by atoms with E-state index in [0.29, 0.717) is 12.8 Å². The van der Waals surface area contributed by atoms with Gasteiger partial charge in [-0.25, -0.2) is 0 Å². The summed E-state index contributed by atoms with van der Waals surface area (Å²) in [7, 11) is 0. The van der Waals surface area contributed by atoms with Crippen molar-refractivity contribution in [3.8, 4) is 0 Å². The number of hydrogen-bond donors (Lipinski definition) is 8. The Balaban J connectivity index is 1.58. The van der Waals surface area contributed by atoms with Gasteiger partial charge in [-0.3, -0.25) is 0 Å². The van der Waals surface area contributed by atoms with Crippen LogP contribution in [-0.2, 0) is 28.4 Å². The summed E-state index contributed by atoms with van der Waals surface area (Å²) in [6.45, 7) is 14.4. The van der Waals surface area contributed by atoms with E-state index in [1.54, 1.807) is 13.0 Å². The molecule has 3 saturated heterocycles. The summed E-state index contributed by atoms with van der Waals surface area (Å²) in [6, 6.07) is 0. The first-order valence-electron chi connectivity index (χ1n) is 16.3. The highest BCUT2D eigenvalue weighted by molar-refractivity contribution is 5.04. The molecule has 0 bridgehead atoms. The Kier molecular flexibility index (Phi) is 15.0. The fourth-order valence-electron chi connectivity index (χ4n) is 5.72. The van der Waals surface area contributed by atoms with Gasteiger partial charge in [0.15, 0.2) is 18.9 Å². The molecule has 0 aromatic rings. The molecule has 8 N–H and O–H groups in total. The zero-order chi connectivity index (χ0) is 35.2. The molecule has 3 aliphatic rings. The zero-order valence-corrected chi connectivity index (χ0v) is 28.2. The molecule has 0 amide bonds. The lowest BCUT2D eigenvalue weighted by Crippen LogP contribution is -2.63. The lowest BCUT2D eigenvalue weighted by molar-refractivity contribution is -0.360. The second kappa shape index (κ2) is 17.5. The lowest BCUT2D eigenvalue weighted by Gasteiger charge is -2.46. The van der Waals surface area contributed by atoms with Crippen molar-refractivity contribution in [1.29, 1.82) is 0 Å². The molecule has 0 aromatic carbocycles. The Bertz CT molecular complexity index is 1050. The van der Waals surface area contributed by atoms with Gasteiger partial charge in [0, 0.05) is 0 Å². The van der Waals surface area contributed by atoms with Crippen molar-refractivity contribution in [2.24, 2.45) is 0 Å². The van der Waals surface area contributed by atoms with Crippen molar-refractivity contribution in [1.82, 2.24) is 0 Å². The summed E-state index contributed by atoms with van der Waals surface area (Å²) < 4.78 is 34.4. The number of hydrogen-bond acceptors (Lipinski definition) is 14. The van der Waals surface area contributed by atoms with Crippen molar-refractivity contribution in [3.05, 3.63) is 36.0 Å². The number of aliphatic hydroxyl groups is 8. The maximum absolute atomic E-state index is 10.8. The summed E-state index contributed by atoms with van der Waals surface area (Å²) >= 11 is 0. The number of rotatable bonds is 14. The monoisotopic (exact) mass is 676 g/mol. The SMILES string of the molecule is C=C[C@@](C)(CC/C=C(/C)CCC=C(C)C)O[C@@H]1O[C@H](CO[C@H]2O[C@@H](C)[C@H](O[C@H]3O[C@@H](C)[C@H](O)[C@@H](O)[C@@H]3O)[C@@H](O)[C@@H]2O)[C@@H](O)[C@H](O)[C@H]1O.